The van der Waals surface area contributed by atoms with Gasteiger partial charge in [0.05, 0.1) is 29.2 Å². The van der Waals surface area contributed by atoms with Crippen LogP contribution in [0.25, 0.3) is 27.6 Å². The van der Waals surface area contributed by atoms with Gasteiger partial charge in [0.15, 0.2) is 5.13 Å². The van der Waals surface area contributed by atoms with Crippen LogP contribution in [0.1, 0.15) is 0 Å². The number of anilines is 1. The largest absolute Gasteiger partial charge is 0.345 e. The molecule has 2 amide bonds. The van der Waals surface area contributed by atoms with Crippen LogP contribution in [0.5, 0.6) is 0 Å². The number of H-pyrrole nitrogens is 1. The average molecular weight is 484 g/mol. The number of benzene rings is 1. The molecular weight excluding hydrogens is 471 g/mol. The number of nitrogens with one attached hydrogen (secondary N) is 3. The van der Waals surface area contributed by atoms with Crippen LogP contribution in [0.2, 0.25) is 0 Å². The number of sulfonamides is 1. The maximum absolute atomic E-state index is 13.1. The third kappa shape index (κ3) is 3.94. The van der Waals surface area contributed by atoms with Gasteiger partial charge in [-0.25, -0.2) is 27.9 Å². The topological polar surface area (TPSA) is 139 Å². The fourth-order valence-electron chi connectivity index (χ4n) is 3.23. The minimum atomic E-state index is -4.20. The first-order valence-electron chi connectivity index (χ1n) is 9.34. The van der Waals surface area contributed by atoms with Gasteiger partial charge in [-0.3, -0.25) is 9.36 Å². The molecule has 13 heteroatoms. The average Bonchev–Trinajstić information content (AvgIpc) is 3.42. The smallest absolute Gasteiger partial charge is 0.333 e. The van der Waals surface area contributed by atoms with Gasteiger partial charge >= 0.3 is 6.03 Å². The zero-order chi connectivity index (χ0) is 23.2. The second kappa shape index (κ2) is 7.79. The predicted molar refractivity (Wildman–Crippen MR) is 121 cm³/mol. The number of thiophene rings is 1. The highest BCUT2D eigenvalue weighted by molar-refractivity contribution is 7.92. The molecule has 166 valence electrons. The highest BCUT2D eigenvalue weighted by Crippen LogP contribution is 2.20. The van der Waals surface area contributed by atoms with Crippen molar-refractivity contribution in [3.63, 3.8) is 0 Å². The number of nitrogens with zero attached hydrogens (tertiary/aromatic N) is 3. The highest BCUT2D eigenvalue weighted by Gasteiger charge is 2.20. The maximum Gasteiger partial charge on any atom is 0.333 e. The van der Waals surface area contributed by atoms with Crippen molar-refractivity contribution >= 4 is 54.9 Å². The minimum Gasteiger partial charge on any atom is -0.345 e. The molecule has 0 atom stereocenters. The number of hydrogen-bond donors (Lipinski definition) is 3. The van der Waals surface area contributed by atoms with E-state index in [0.717, 1.165) is 23.0 Å². The first kappa shape index (κ1) is 20.8. The molecule has 0 radical (unpaired) electrons. The standard InChI is InChI=1S/C20H13FN6O4S2/c21-16-2-4-18(32-16)33(30,31)26-20(29)25-12-1-3-17(22-9-12)27-6-5-11-7-14-15(24-10-23-14)8-13(11)19(27)28/h1-10H,(H,23,24)(H2,25,26,29). The van der Waals surface area contributed by atoms with Crippen LogP contribution in [0.4, 0.5) is 14.9 Å². The van der Waals surface area contributed by atoms with Crippen LogP contribution < -0.4 is 15.6 Å². The molecule has 33 heavy (non-hydrogen) atoms. The molecule has 4 heterocycles. The molecule has 0 bridgehead atoms. The fourth-order valence-corrected chi connectivity index (χ4v) is 5.14. The van der Waals surface area contributed by atoms with Gasteiger partial charge in [0.25, 0.3) is 15.6 Å². The van der Waals surface area contributed by atoms with Crippen LogP contribution in [0.3, 0.4) is 0 Å². The van der Waals surface area contributed by atoms with E-state index in [1.807, 2.05) is 6.07 Å². The van der Waals surface area contributed by atoms with Gasteiger partial charge in [0, 0.05) is 11.6 Å². The predicted octanol–water partition coefficient (Wildman–Crippen LogP) is 2.97. The Balaban J connectivity index is 1.36. The van der Waals surface area contributed by atoms with Crippen molar-refractivity contribution in [1.82, 2.24) is 24.2 Å². The van der Waals surface area contributed by atoms with E-state index >= 15 is 0 Å². The van der Waals surface area contributed by atoms with Crippen LogP contribution >= 0.6 is 11.3 Å². The molecule has 5 aromatic rings. The number of amides is 2. The molecule has 0 saturated carbocycles. The number of carbonyl (C=O) groups excluding carboxylic acids is 1. The van der Waals surface area contributed by atoms with Crippen molar-refractivity contribution in [3.8, 4) is 5.82 Å². The van der Waals surface area contributed by atoms with Crippen molar-refractivity contribution in [2.24, 2.45) is 0 Å². The van der Waals surface area contributed by atoms with Crippen molar-refractivity contribution in [2.45, 2.75) is 4.21 Å². The first-order chi connectivity index (χ1) is 15.8. The summed E-state index contributed by atoms with van der Waals surface area (Å²) in [6, 6.07) is 9.28. The Kier molecular flexibility index (Phi) is 4.91. The van der Waals surface area contributed by atoms with Gasteiger partial charge in [-0.15, -0.1) is 0 Å². The lowest BCUT2D eigenvalue weighted by Crippen LogP contribution is -2.34. The zero-order valence-corrected chi connectivity index (χ0v) is 18.1. The van der Waals surface area contributed by atoms with E-state index in [2.05, 4.69) is 20.3 Å². The molecule has 1 aromatic carbocycles. The number of hydrogen-bond acceptors (Lipinski definition) is 7. The van der Waals surface area contributed by atoms with Crippen LogP contribution in [-0.2, 0) is 10.0 Å². The van der Waals surface area contributed by atoms with Crippen molar-refractivity contribution < 1.29 is 17.6 Å². The number of pyridine rings is 2. The van der Waals surface area contributed by atoms with Crippen LogP contribution in [-0.4, -0.2) is 34.0 Å². The summed E-state index contributed by atoms with van der Waals surface area (Å²) in [7, 11) is -4.20. The number of fused-ring (bicyclic) bond motifs is 2. The molecule has 5 rings (SSSR count). The Labute approximate surface area is 188 Å². The van der Waals surface area contributed by atoms with E-state index in [-0.39, 0.29) is 15.5 Å². The summed E-state index contributed by atoms with van der Waals surface area (Å²) in [5, 5.41) is 2.86. The third-order valence-corrected chi connectivity index (χ3v) is 7.43. The summed E-state index contributed by atoms with van der Waals surface area (Å²) in [4.78, 5) is 36.4. The van der Waals surface area contributed by atoms with Gasteiger partial charge in [-0.1, -0.05) is 11.3 Å². The first-order valence-corrected chi connectivity index (χ1v) is 11.6. The van der Waals surface area contributed by atoms with Gasteiger partial charge in [0.2, 0.25) is 0 Å². The van der Waals surface area contributed by atoms with Crippen LogP contribution in [0.15, 0.2) is 70.2 Å². The summed E-state index contributed by atoms with van der Waals surface area (Å²) >= 11 is 0.398. The van der Waals surface area contributed by atoms with Crippen LogP contribution in [0, 0.1) is 5.13 Å². The minimum absolute atomic E-state index is 0.191. The lowest BCUT2D eigenvalue weighted by atomic mass is 10.1. The monoisotopic (exact) mass is 484 g/mol. The van der Waals surface area contributed by atoms with E-state index in [1.165, 1.54) is 22.9 Å². The van der Waals surface area contributed by atoms with Gasteiger partial charge in [-0.2, -0.15) is 4.39 Å². The molecule has 0 aliphatic carbocycles. The fraction of sp³-hybridized carbons (Fsp3) is 0. The number of aromatic amines is 1. The Morgan fingerprint density at radius 1 is 1.12 bits per heavy atom. The molecule has 0 spiro atoms. The quantitative estimate of drug-likeness (QED) is 0.358. The summed E-state index contributed by atoms with van der Waals surface area (Å²) < 4.78 is 40.1. The van der Waals surface area contributed by atoms with Crippen molar-refractivity contribution in [2.75, 3.05) is 5.32 Å². The van der Waals surface area contributed by atoms with Crippen molar-refractivity contribution in [1.29, 1.82) is 0 Å². The molecular formula is C20H13FN6O4S2. The SMILES string of the molecule is O=C(Nc1ccc(-n2ccc3cc4[nH]cnc4cc3c2=O)nc1)NS(=O)(=O)c1ccc(F)s1. The molecule has 4 aromatic heterocycles. The summed E-state index contributed by atoms with van der Waals surface area (Å²) in [5.74, 6) is 0.302. The third-order valence-electron chi connectivity index (χ3n) is 4.74. The zero-order valence-electron chi connectivity index (χ0n) is 16.4. The van der Waals surface area contributed by atoms with E-state index in [1.54, 1.807) is 29.4 Å². The lowest BCUT2D eigenvalue weighted by molar-refractivity contribution is 0.256. The number of carbonyl (C=O) groups is 1. The molecule has 3 N–H and O–H groups in total. The number of imidazole rings is 1. The van der Waals surface area contributed by atoms with E-state index < -0.39 is 21.2 Å². The number of aromatic nitrogens is 4. The number of urea groups is 1. The molecule has 0 saturated heterocycles. The van der Waals surface area contributed by atoms with E-state index in [4.69, 9.17) is 0 Å². The molecule has 0 aliphatic rings. The Morgan fingerprint density at radius 2 is 1.97 bits per heavy atom. The Morgan fingerprint density at radius 3 is 2.70 bits per heavy atom. The summed E-state index contributed by atoms with van der Waals surface area (Å²) in [6.07, 6.45) is 4.41. The highest BCUT2D eigenvalue weighted by atomic mass is 32.2. The Bertz CT molecular complexity index is 1690. The lowest BCUT2D eigenvalue weighted by Gasteiger charge is -2.09. The Hall–Kier alpha value is -4.10. The number of rotatable bonds is 4. The summed E-state index contributed by atoms with van der Waals surface area (Å²) in [6.45, 7) is 0. The molecule has 0 aliphatic heterocycles. The van der Waals surface area contributed by atoms with Gasteiger partial charge in [0.1, 0.15) is 10.0 Å². The molecule has 10 nitrogen and oxygen atoms in total. The molecule has 0 fully saturated rings. The second-order valence-corrected chi connectivity index (χ2v) is 9.82. The maximum atomic E-state index is 13.1. The summed E-state index contributed by atoms with van der Waals surface area (Å²) in [5.41, 5.74) is 1.38. The van der Waals surface area contributed by atoms with Crippen molar-refractivity contribution in [3.05, 3.63) is 76.7 Å². The van der Waals surface area contributed by atoms with Gasteiger partial charge < -0.3 is 10.3 Å². The van der Waals surface area contributed by atoms with E-state index in [0.29, 0.717) is 28.1 Å². The normalized spacial score (nSPS) is 11.7. The van der Waals surface area contributed by atoms with Gasteiger partial charge in [-0.05, 0) is 47.9 Å². The molecule has 0 unspecified atom stereocenters. The second-order valence-electron chi connectivity index (χ2n) is 6.87. The number of halogens is 1. The van der Waals surface area contributed by atoms with E-state index in [9.17, 15) is 22.4 Å².